The minimum absolute atomic E-state index is 0.445. The molecule has 0 radical (unpaired) electrons. The monoisotopic (exact) mass is 243 g/mol. The highest BCUT2D eigenvalue weighted by atomic mass is 16.2. The molecule has 0 aliphatic rings. The van der Waals surface area contributed by atoms with Gasteiger partial charge in [0, 0.05) is 13.1 Å². The maximum absolute atomic E-state index is 10.4. The summed E-state index contributed by atoms with van der Waals surface area (Å²) in [5.74, 6) is 0. The SMILES string of the molecule is CCCCCCCCCCNCCNC(N)=O. The van der Waals surface area contributed by atoms with Gasteiger partial charge >= 0.3 is 6.03 Å². The van der Waals surface area contributed by atoms with Crippen LogP contribution in [-0.4, -0.2) is 25.7 Å². The Morgan fingerprint density at radius 2 is 1.47 bits per heavy atom. The minimum Gasteiger partial charge on any atom is -0.352 e. The Hall–Kier alpha value is -0.770. The number of primary amides is 1. The molecule has 0 rings (SSSR count). The first kappa shape index (κ1) is 16.2. The van der Waals surface area contributed by atoms with E-state index in [4.69, 9.17) is 5.73 Å². The Bertz CT molecular complexity index is 174. The van der Waals surface area contributed by atoms with E-state index in [1.54, 1.807) is 0 Å². The third-order valence-corrected chi connectivity index (χ3v) is 2.81. The summed E-state index contributed by atoms with van der Waals surface area (Å²) >= 11 is 0. The molecule has 0 saturated heterocycles. The van der Waals surface area contributed by atoms with Gasteiger partial charge in [0.15, 0.2) is 0 Å². The van der Waals surface area contributed by atoms with Crippen molar-refractivity contribution >= 4 is 6.03 Å². The van der Waals surface area contributed by atoms with Gasteiger partial charge in [0.2, 0.25) is 0 Å². The van der Waals surface area contributed by atoms with Gasteiger partial charge < -0.3 is 16.4 Å². The van der Waals surface area contributed by atoms with Gasteiger partial charge in [-0.1, -0.05) is 51.9 Å². The van der Waals surface area contributed by atoms with E-state index in [0.717, 1.165) is 13.1 Å². The third kappa shape index (κ3) is 15.2. The van der Waals surface area contributed by atoms with Crippen molar-refractivity contribution in [3.05, 3.63) is 0 Å². The topological polar surface area (TPSA) is 67.2 Å². The fourth-order valence-corrected chi connectivity index (χ4v) is 1.78. The molecule has 2 amide bonds. The smallest absolute Gasteiger partial charge is 0.312 e. The van der Waals surface area contributed by atoms with Crippen LogP contribution >= 0.6 is 0 Å². The number of nitrogens with one attached hydrogen (secondary N) is 2. The summed E-state index contributed by atoms with van der Waals surface area (Å²) in [6, 6.07) is -0.445. The van der Waals surface area contributed by atoms with Gasteiger partial charge in [0.05, 0.1) is 0 Å². The van der Waals surface area contributed by atoms with Crippen molar-refractivity contribution in [2.75, 3.05) is 19.6 Å². The van der Waals surface area contributed by atoms with Crippen LogP contribution in [-0.2, 0) is 0 Å². The van der Waals surface area contributed by atoms with Crippen molar-refractivity contribution in [1.29, 1.82) is 0 Å². The average Bonchev–Trinajstić information content (AvgIpc) is 2.30. The van der Waals surface area contributed by atoms with Crippen LogP contribution < -0.4 is 16.4 Å². The summed E-state index contributed by atoms with van der Waals surface area (Å²) in [5, 5.41) is 5.83. The molecule has 0 aromatic carbocycles. The normalized spacial score (nSPS) is 10.4. The molecule has 4 nitrogen and oxygen atoms in total. The molecule has 102 valence electrons. The summed E-state index contributed by atoms with van der Waals surface area (Å²) in [6.45, 7) is 4.71. The summed E-state index contributed by atoms with van der Waals surface area (Å²) in [4.78, 5) is 10.4. The molecule has 0 spiro atoms. The van der Waals surface area contributed by atoms with E-state index in [1.165, 1.54) is 51.4 Å². The molecule has 4 heteroatoms. The van der Waals surface area contributed by atoms with Crippen LogP contribution in [0.25, 0.3) is 0 Å². The molecule has 0 aliphatic heterocycles. The lowest BCUT2D eigenvalue weighted by Crippen LogP contribution is -2.35. The number of hydrogen-bond donors (Lipinski definition) is 3. The molecule has 0 heterocycles. The predicted molar refractivity (Wildman–Crippen MR) is 73.1 cm³/mol. The van der Waals surface area contributed by atoms with E-state index in [1.807, 2.05) is 0 Å². The van der Waals surface area contributed by atoms with Gasteiger partial charge in [0.1, 0.15) is 0 Å². The van der Waals surface area contributed by atoms with Crippen LogP contribution in [0.5, 0.6) is 0 Å². The zero-order valence-electron chi connectivity index (χ0n) is 11.3. The molecule has 0 fully saturated rings. The second-order valence-electron chi connectivity index (χ2n) is 4.52. The molecule has 0 aromatic rings. The molecule has 0 atom stereocenters. The van der Waals surface area contributed by atoms with Gasteiger partial charge in [-0.3, -0.25) is 0 Å². The minimum atomic E-state index is -0.445. The molecule has 4 N–H and O–H groups in total. The summed E-state index contributed by atoms with van der Waals surface area (Å²) < 4.78 is 0. The van der Waals surface area contributed by atoms with Crippen molar-refractivity contribution in [2.24, 2.45) is 5.73 Å². The number of unbranched alkanes of at least 4 members (excludes halogenated alkanes) is 7. The third-order valence-electron chi connectivity index (χ3n) is 2.81. The number of rotatable bonds is 12. The molecule has 0 bridgehead atoms. The Balaban J connectivity index is 2.91. The highest BCUT2D eigenvalue weighted by molar-refractivity contribution is 5.71. The fraction of sp³-hybridized carbons (Fsp3) is 0.923. The first-order chi connectivity index (χ1) is 8.27. The summed E-state index contributed by atoms with van der Waals surface area (Å²) in [5.41, 5.74) is 4.95. The first-order valence-corrected chi connectivity index (χ1v) is 7.01. The quantitative estimate of drug-likeness (QED) is 0.461. The zero-order valence-corrected chi connectivity index (χ0v) is 11.3. The molecule has 0 aromatic heterocycles. The number of carbonyl (C=O) groups is 1. The zero-order chi connectivity index (χ0) is 12.8. The fourth-order valence-electron chi connectivity index (χ4n) is 1.78. The number of carbonyl (C=O) groups excluding carboxylic acids is 1. The molecular formula is C13H29N3O. The van der Waals surface area contributed by atoms with Gasteiger partial charge in [-0.15, -0.1) is 0 Å². The highest BCUT2D eigenvalue weighted by Gasteiger charge is 1.92. The lowest BCUT2D eigenvalue weighted by Gasteiger charge is -2.05. The highest BCUT2D eigenvalue weighted by Crippen LogP contribution is 2.07. The molecule has 0 aliphatic carbocycles. The molecular weight excluding hydrogens is 214 g/mol. The van der Waals surface area contributed by atoms with Crippen molar-refractivity contribution in [2.45, 2.75) is 58.3 Å². The van der Waals surface area contributed by atoms with Crippen molar-refractivity contribution < 1.29 is 4.79 Å². The molecule has 0 unspecified atom stereocenters. The Labute approximate surface area is 106 Å². The van der Waals surface area contributed by atoms with E-state index in [-0.39, 0.29) is 0 Å². The first-order valence-electron chi connectivity index (χ1n) is 7.01. The summed E-state index contributed by atoms with van der Waals surface area (Å²) in [6.07, 6.45) is 10.8. The van der Waals surface area contributed by atoms with Gasteiger partial charge in [-0.25, -0.2) is 4.79 Å². The van der Waals surface area contributed by atoms with E-state index >= 15 is 0 Å². The van der Waals surface area contributed by atoms with E-state index in [0.29, 0.717) is 6.54 Å². The Morgan fingerprint density at radius 3 is 2.06 bits per heavy atom. The lowest BCUT2D eigenvalue weighted by atomic mass is 10.1. The van der Waals surface area contributed by atoms with Crippen LogP contribution in [0.15, 0.2) is 0 Å². The summed E-state index contributed by atoms with van der Waals surface area (Å²) in [7, 11) is 0. The second-order valence-corrected chi connectivity index (χ2v) is 4.52. The van der Waals surface area contributed by atoms with Crippen LogP contribution in [0.3, 0.4) is 0 Å². The maximum Gasteiger partial charge on any atom is 0.312 e. The lowest BCUT2D eigenvalue weighted by molar-refractivity contribution is 0.249. The number of urea groups is 1. The van der Waals surface area contributed by atoms with Crippen LogP contribution in [0.2, 0.25) is 0 Å². The largest absolute Gasteiger partial charge is 0.352 e. The average molecular weight is 243 g/mol. The standard InChI is InChI=1S/C13H29N3O/c1-2-3-4-5-6-7-8-9-10-15-11-12-16-13(14)17/h15H,2-12H2,1H3,(H3,14,16,17). The van der Waals surface area contributed by atoms with Gasteiger partial charge in [-0.2, -0.15) is 0 Å². The maximum atomic E-state index is 10.4. The van der Waals surface area contributed by atoms with Crippen LogP contribution in [0.1, 0.15) is 58.3 Å². The molecule has 0 saturated carbocycles. The Morgan fingerprint density at radius 1 is 0.882 bits per heavy atom. The Kier molecular flexibility index (Phi) is 12.7. The van der Waals surface area contributed by atoms with E-state index < -0.39 is 6.03 Å². The van der Waals surface area contributed by atoms with Crippen LogP contribution in [0.4, 0.5) is 4.79 Å². The van der Waals surface area contributed by atoms with E-state index in [2.05, 4.69) is 17.6 Å². The van der Waals surface area contributed by atoms with Gasteiger partial charge in [-0.05, 0) is 13.0 Å². The van der Waals surface area contributed by atoms with Gasteiger partial charge in [0.25, 0.3) is 0 Å². The number of hydrogen-bond acceptors (Lipinski definition) is 2. The van der Waals surface area contributed by atoms with Crippen molar-refractivity contribution in [1.82, 2.24) is 10.6 Å². The van der Waals surface area contributed by atoms with Crippen molar-refractivity contribution in [3.63, 3.8) is 0 Å². The van der Waals surface area contributed by atoms with E-state index in [9.17, 15) is 4.79 Å². The second kappa shape index (κ2) is 13.3. The number of amides is 2. The predicted octanol–water partition coefficient (Wildman–Crippen LogP) is 2.38. The number of nitrogens with two attached hydrogens (primary N) is 1. The van der Waals surface area contributed by atoms with Crippen molar-refractivity contribution in [3.8, 4) is 0 Å². The van der Waals surface area contributed by atoms with Crippen LogP contribution in [0, 0.1) is 0 Å². The molecule has 17 heavy (non-hydrogen) atoms.